The first kappa shape index (κ1) is 23.9. The second-order valence-electron chi connectivity index (χ2n) is 9.75. The van der Waals surface area contributed by atoms with E-state index in [0.717, 1.165) is 59.1 Å². The lowest BCUT2D eigenvalue weighted by Gasteiger charge is -2.34. The third-order valence-corrected chi connectivity index (χ3v) is 9.51. The molecule has 0 unspecified atom stereocenters. The zero-order valence-electron chi connectivity index (χ0n) is 19.4. The normalized spacial score (nSPS) is 24.9. The second kappa shape index (κ2) is 9.64. The number of fused-ring (bicyclic) bond motifs is 1. The highest BCUT2D eigenvalue weighted by Gasteiger charge is 2.32. The van der Waals surface area contributed by atoms with E-state index in [4.69, 9.17) is 26.1 Å². The topological polar surface area (TPSA) is 68.0 Å². The molecule has 0 atom stereocenters. The first-order valence-electron chi connectivity index (χ1n) is 11.7. The summed E-state index contributed by atoms with van der Waals surface area (Å²) in [5.74, 6) is 0. The van der Waals surface area contributed by atoms with Crippen LogP contribution in [0.1, 0.15) is 68.6 Å². The van der Waals surface area contributed by atoms with Crippen molar-refractivity contribution in [2.24, 2.45) is 0 Å². The zero-order valence-corrected chi connectivity index (χ0v) is 21.8. The van der Waals surface area contributed by atoms with Crippen LogP contribution in [0.2, 0.25) is 0 Å². The highest BCUT2D eigenvalue weighted by atomic mass is 35.5. The lowest BCUT2D eigenvalue weighted by molar-refractivity contribution is -0.184. The maximum atomic E-state index is 9.75. The molecule has 1 saturated carbocycles. The summed E-state index contributed by atoms with van der Waals surface area (Å²) in [7, 11) is 0. The minimum Gasteiger partial charge on any atom is -0.393 e. The van der Waals surface area contributed by atoms with Crippen molar-refractivity contribution in [3.05, 3.63) is 38.5 Å². The van der Waals surface area contributed by atoms with Crippen LogP contribution in [-0.4, -0.2) is 46.0 Å². The average molecular weight is 510 g/mol. The number of aromatic nitrogens is 2. The van der Waals surface area contributed by atoms with Crippen LogP contribution < -0.4 is 4.72 Å². The quantitative estimate of drug-likeness (QED) is 0.479. The molecule has 0 aromatic carbocycles. The molecule has 9 heteroatoms. The van der Waals surface area contributed by atoms with Crippen molar-refractivity contribution in [3.8, 4) is 0 Å². The SMILES string of the molecule is Cc1nc2sc(C(C)(C)OC3COC3)cn2c1C1=CC(SNC2CCC(O)CC2)=C(Cl)CC1. The molecule has 3 heterocycles. The molecule has 2 aromatic rings. The summed E-state index contributed by atoms with van der Waals surface area (Å²) in [6.07, 6.45) is 9.91. The summed E-state index contributed by atoms with van der Waals surface area (Å²) in [5.41, 5.74) is 3.09. The number of thiazole rings is 1. The fraction of sp³-hybridized carbons (Fsp3) is 0.625. The van der Waals surface area contributed by atoms with Gasteiger partial charge in [-0.1, -0.05) is 22.9 Å². The number of hydrogen-bond acceptors (Lipinski definition) is 7. The molecule has 33 heavy (non-hydrogen) atoms. The Labute approximate surface area is 208 Å². The van der Waals surface area contributed by atoms with E-state index in [1.54, 1.807) is 23.3 Å². The van der Waals surface area contributed by atoms with Gasteiger partial charge in [0.05, 0.1) is 41.2 Å². The number of hydrogen-bond donors (Lipinski definition) is 2. The van der Waals surface area contributed by atoms with Crippen molar-refractivity contribution in [2.45, 2.75) is 83.1 Å². The maximum absolute atomic E-state index is 9.75. The molecule has 5 rings (SSSR count). The monoisotopic (exact) mass is 509 g/mol. The number of nitrogens with one attached hydrogen (secondary N) is 1. The molecular weight excluding hydrogens is 478 g/mol. The Balaban J connectivity index is 1.36. The van der Waals surface area contributed by atoms with Crippen molar-refractivity contribution in [1.82, 2.24) is 14.1 Å². The smallest absolute Gasteiger partial charge is 0.194 e. The Kier molecular flexibility index (Phi) is 6.97. The number of allylic oxidation sites excluding steroid dienone is 3. The minimum atomic E-state index is -0.381. The molecule has 0 bridgehead atoms. The molecule has 0 radical (unpaired) electrons. The highest BCUT2D eigenvalue weighted by molar-refractivity contribution is 8.01. The Morgan fingerprint density at radius 3 is 2.73 bits per heavy atom. The van der Waals surface area contributed by atoms with E-state index in [9.17, 15) is 5.11 Å². The summed E-state index contributed by atoms with van der Waals surface area (Å²) in [4.78, 5) is 8.12. The number of nitrogens with zero attached hydrogens (tertiary/aromatic N) is 2. The van der Waals surface area contributed by atoms with Gasteiger partial charge < -0.3 is 14.6 Å². The standard InChI is InChI=1S/C24H32ClN3O3S2/c1-14-22(28-11-21(32-23(28)26-14)24(2,3)31-18-12-30-13-18)15-4-9-19(25)20(10-15)33-27-16-5-7-17(29)8-6-16/h10-11,16-18,27,29H,4-9,12-13H2,1-3H3. The summed E-state index contributed by atoms with van der Waals surface area (Å²) in [5, 5.41) is 10.7. The molecule has 6 nitrogen and oxygen atoms in total. The van der Waals surface area contributed by atoms with E-state index in [-0.39, 0.29) is 17.8 Å². The van der Waals surface area contributed by atoms with Gasteiger partial charge in [0.15, 0.2) is 4.96 Å². The van der Waals surface area contributed by atoms with Gasteiger partial charge in [-0.15, -0.1) is 0 Å². The van der Waals surface area contributed by atoms with Gasteiger partial charge in [0.1, 0.15) is 6.10 Å². The predicted octanol–water partition coefficient (Wildman–Crippen LogP) is 5.52. The van der Waals surface area contributed by atoms with Gasteiger partial charge in [-0.05, 0) is 82.9 Å². The van der Waals surface area contributed by atoms with Gasteiger partial charge in [0.2, 0.25) is 0 Å². The van der Waals surface area contributed by atoms with Gasteiger partial charge in [0.25, 0.3) is 0 Å². The Hall–Kier alpha value is -0.870. The van der Waals surface area contributed by atoms with Gasteiger partial charge in [-0.25, -0.2) is 4.98 Å². The van der Waals surface area contributed by atoms with Crippen LogP contribution in [0.5, 0.6) is 0 Å². The maximum Gasteiger partial charge on any atom is 0.194 e. The van der Waals surface area contributed by atoms with E-state index in [1.165, 1.54) is 16.1 Å². The molecule has 2 N–H and O–H groups in total. The van der Waals surface area contributed by atoms with Crippen molar-refractivity contribution in [1.29, 1.82) is 0 Å². The van der Waals surface area contributed by atoms with Crippen LogP contribution in [0.4, 0.5) is 0 Å². The average Bonchev–Trinajstić information content (AvgIpc) is 3.29. The molecule has 1 aliphatic heterocycles. The molecule has 0 spiro atoms. The van der Waals surface area contributed by atoms with Crippen LogP contribution >= 0.6 is 34.9 Å². The fourth-order valence-corrected chi connectivity index (χ4v) is 6.95. The number of ether oxygens (including phenoxy) is 2. The van der Waals surface area contributed by atoms with Crippen LogP contribution in [-0.2, 0) is 15.1 Å². The van der Waals surface area contributed by atoms with E-state index < -0.39 is 0 Å². The van der Waals surface area contributed by atoms with Crippen LogP contribution in [0.15, 0.2) is 22.2 Å². The Morgan fingerprint density at radius 2 is 2.03 bits per heavy atom. The lowest BCUT2D eigenvalue weighted by Crippen LogP contribution is -2.41. The first-order valence-corrected chi connectivity index (χ1v) is 13.8. The van der Waals surface area contributed by atoms with Gasteiger partial charge in [0, 0.05) is 22.2 Å². The number of rotatable bonds is 7. The molecule has 180 valence electrons. The molecule has 2 aromatic heterocycles. The van der Waals surface area contributed by atoms with Gasteiger partial charge in [-0.2, -0.15) is 0 Å². The zero-order chi connectivity index (χ0) is 23.2. The van der Waals surface area contributed by atoms with E-state index in [2.05, 4.69) is 42.2 Å². The first-order chi connectivity index (χ1) is 15.8. The van der Waals surface area contributed by atoms with Crippen LogP contribution in [0, 0.1) is 6.92 Å². The van der Waals surface area contributed by atoms with Crippen molar-refractivity contribution >= 4 is 45.4 Å². The second-order valence-corrected chi connectivity index (χ2v) is 12.1. The Morgan fingerprint density at radius 1 is 1.27 bits per heavy atom. The molecule has 0 amide bonds. The van der Waals surface area contributed by atoms with E-state index in [0.29, 0.717) is 19.3 Å². The third-order valence-electron chi connectivity index (χ3n) is 6.69. The largest absolute Gasteiger partial charge is 0.393 e. The number of imidazole rings is 1. The van der Waals surface area contributed by atoms with Gasteiger partial charge in [-0.3, -0.25) is 9.12 Å². The third kappa shape index (κ3) is 5.08. The van der Waals surface area contributed by atoms with E-state index >= 15 is 0 Å². The summed E-state index contributed by atoms with van der Waals surface area (Å²) in [6, 6.07) is 0.417. The number of aliphatic hydroxyl groups excluding tert-OH is 1. The van der Waals surface area contributed by atoms with Gasteiger partial charge >= 0.3 is 0 Å². The number of aryl methyl sites for hydroxylation is 1. The lowest BCUT2D eigenvalue weighted by atomic mass is 9.94. The molecule has 1 saturated heterocycles. The van der Waals surface area contributed by atoms with E-state index in [1.807, 2.05) is 0 Å². The summed E-state index contributed by atoms with van der Waals surface area (Å²) < 4.78 is 17.4. The van der Waals surface area contributed by atoms with Crippen LogP contribution in [0.25, 0.3) is 10.5 Å². The Bertz CT molecular complexity index is 1080. The minimum absolute atomic E-state index is 0.141. The number of halogens is 1. The van der Waals surface area contributed by atoms with Crippen LogP contribution in [0.3, 0.4) is 0 Å². The highest BCUT2D eigenvalue weighted by Crippen LogP contribution is 2.40. The van der Waals surface area contributed by atoms with Crippen molar-refractivity contribution in [3.63, 3.8) is 0 Å². The molecule has 3 aliphatic rings. The summed E-state index contributed by atoms with van der Waals surface area (Å²) >= 11 is 9.95. The fourth-order valence-electron chi connectivity index (χ4n) is 4.66. The van der Waals surface area contributed by atoms with Crippen molar-refractivity contribution in [2.75, 3.05) is 13.2 Å². The predicted molar refractivity (Wildman–Crippen MR) is 136 cm³/mol. The number of aliphatic hydroxyl groups is 1. The van der Waals surface area contributed by atoms with Crippen molar-refractivity contribution < 1.29 is 14.6 Å². The molecule has 2 aliphatic carbocycles. The molecule has 2 fully saturated rings. The molecular formula is C24H32ClN3O3S2. The summed E-state index contributed by atoms with van der Waals surface area (Å²) in [6.45, 7) is 7.67.